The second-order valence-corrected chi connectivity index (χ2v) is 2.60. The number of nitrogens with two attached hydrogens (primary N) is 1. The van der Waals surface area contributed by atoms with Crippen LogP contribution in [0, 0.1) is 6.92 Å². The van der Waals surface area contributed by atoms with E-state index in [0.717, 1.165) is 0 Å². The van der Waals surface area contributed by atoms with Gasteiger partial charge in [-0.3, -0.25) is 9.78 Å². The summed E-state index contributed by atoms with van der Waals surface area (Å²) >= 11 is 0. The first-order valence-electron chi connectivity index (χ1n) is 3.93. The number of aryl methyl sites for hydroxylation is 1. The number of Topliss-reactive ketones (excluding diaryl/α,β-unsaturated/α-hetero) is 1. The average molecular weight is 180 g/mol. The molecular formula is C9H12N2O2. The Labute approximate surface area is 76.7 Å². The zero-order valence-electron chi connectivity index (χ0n) is 7.70. The highest BCUT2D eigenvalue weighted by molar-refractivity contribution is 6.00. The maximum Gasteiger partial charge on any atom is 0.181 e. The summed E-state index contributed by atoms with van der Waals surface area (Å²) in [5, 5.41) is 0. The van der Waals surface area contributed by atoms with Crippen molar-refractivity contribution in [3.8, 4) is 5.75 Å². The van der Waals surface area contributed by atoms with E-state index in [1.54, 1.807) is 19.2 Å². The van der Waals surface area contributed by atoms with Crippen LogP contribution in [0.3, 0.4) is 0 Å². The molecule has 0 unspecified atom stereocenters. The first kappa shape index (κ1) is 9.67. The SMILES string of the molecule is COc1ccnc(C)c1C(=O)CN. The summed E-state index contributed by atoms with van der Waals surface area (Å²) in [5.41, 5.74) is 6.39. The molecule has 0 aromatic carbocycles. The van der Waals surface area contributed by atoms with Crippen LogP contribution < -0.4 is 10.5 Å². The Bertz CT molecular complexity index is 323. The maximum absolute atomic E-state index is 11.4. The van der Waals surface area contributed by atoms with Gasteiger partial charge in [0, 0.05) is 6.20 Å². The summed E-state index contributed by atoms with van der Waals surface area (Å²) in [7, 11) is 1.52. The smallest absolute Gasteiger partial charge is 0.181 e. The van der Waals surface area contributed by atoms with Crippen molar-refractivity contribution >= 4 is 5.78 Å². The number of aromatic nitrogens is 1. The summed E-state index contributed by atoms with van der Waals surface area (Å²) in [6.45, 7) is 1.73. The molecule has 1 rings (SSSR count). The lowest BCUT2D eigenvalue weighted by molar-refractivity contribution is 0.0997. The number of carbonyl (C=O) groups is 1. The summed E-state index contributed by atoms with van der Waals surface area (Å²) in [4.78, 5) is 15.4. The van der Waals surface area contributed by atoms with Gasteiger partial charge in [-0.2, -0.15) is 0 Å². The van der Waals surface area contributed by atoms with Crippen LogP contribution in [-0.2, 0) is 0 Å². The fourth-order valence-electron chi connectivity index (χ4n) is 1.15. The molecule has 1 aromatic rings. The number of rotatable bonds is 3. The maximum atomic E-state index is 11.4. The average Bonchev–Trinajstić information content (AvgIpc) is 2.16. The van der Waals surface area contributed by atoms with Crippen LogP contribution in [0.25, 0.3) is 0 Å². The molecule has 0 aliphatic heterocycles. The van der Waals surface area contributed by atoms with Crippen LogP contribution in [0.5, 0.6) is 5.75 Å². The molecule has 0 aliphatic carbocycles. The van der Waals surface area contributed by atoms with Crippen molar-refractivity contribution in [1.82, 2.24) is 4.98 Å². The molecule has 0 amide bonds. The second-order valence-electron chi connectivity index (χ2n) is 2.60. The number of hydrogen-bond donors (Lipinski definition) is 1. The summed E-state index contributed by atoms with van der Waals surface area (Å²) < 4.78 is 5.03. The zero-order chi connectivity index (χ0) is 9.84. The lowest BCUT2D eigenvalue weighted by atomic mass is 10.1. The lowest BCUT2D eigenvalue weighted by Crippen LogP contribution is -2.16. The lowest BCUT2D eigenvalue weighted by Gasteiger charge is -2.07. The van der Waals surface area contributed by atoms with Crippen molar-refractivity contribution in [3.63, 3.8) is 0 Å². The molecule has 0 spiro atoms. The first-order valence-corrected chi connectivity index (χ1v) is 3.93. The molecule has 1 aromatic heterocycles. The van der Waals surface area contributed by atoms with Crippen molar-refractivity contribution in [2.45, 2.75) is 6.92 Å². The van der Waals surface area contributed by atoms with Crippen molar-refractivity contribution in [1.29, 1.82) is 0 Å². The molecule has 0 bridgehead atoms. The van der Waals surface area contributed by atoms with E-state index >= 15 is 0 Å². The number of hydrogen-bond acceptors (Lipinski definition) is 4. The van der Waals surface area contributed by atoms with Crippen molar-refractivity contribution in [3.05, 3.63) is 23.5 Å². The third kappa shape index (κ3) is 1.84. The highest BCUT2D eigenvalue weighted by atomic mass is 16.5. The molecule has 4 nitrogen and oxygen atoms in total. The van der Waals surface area contributed by atoms with Crippen LogP contribution in [-0.4, -0.2) is 24.4 Å². The van der Waals surface area contributed by atoms with Gasteiger partial charge in [0.15, 0.2) is 5.78 Å². The first-order chi connectivity index (χ1) is 6.20. The number of ketones is 1. The Hall–Kier alpha value is -1.42. The number of pyridine rings is 1. The molecule has 2 N–H and O–H groups in total. The standard InChI is InChI=1S/C9H12N2O2/c1-6-9(7(12)5-10)8(13-2)3-4-11-6/h3-4H,5,10H2,1-2H3. The highest BCUT2D eigenvalue weighted by Crippen LogP contribution is 2.19. The molecule has 0 fully saturated rings. The van der Waals surface area contributed by atoms with Crippen molar-refractivity contribution in [2.75, 3.05) is 13.7 Å². The normalized spacial score (nSPS) is 9.77. The van der Waals surface area contributed by atoms with Gasteiger partial charge in [0.1, 0.15) is 5.75 Å². The van der Waals surface area contributed by atoms with E-state index in [1.165, 1.54) is 7.11 Å². The zero-order valence-corrected chi connectivity index (χ0v) is 7.70. The highest BCUT2D eigenvalue weighted by Gasteiger charge is 2.13. The molecular weight excluding hydrogens is 168 g/mol. The van der Waals surface area contributed by atoms with E-state index in [4.69, 9.17) is 10.5 Å². The summed E-state index contributed by atoms with van der Waals surface area (Å²) in [6.07, 6.45) is 1.60. The minimum absolute atomic E-state index is 0.0249. The molecule has 1 heterocycles. The van der Waals surface area contributed by atoms with E-state index in [1.807, 2.05) is 0 Å². The van der Waals surface area contributed by atoms with E-state index < -0.39 is 0 Å². The monoisotopic (exact) mass is 180 g/mol. The molecule has 4 heteroatoms. The minimum Gasteiger partial charge on any atom is -0.496 e. The van der Waals surface area contributed by atoms with Gasteiger partial charge in [0.2, 0.25) is 0 Å². The Morgan fingerprint density at radius 1 is 1.69 bits per heavy atom. The summed E-state index contributed by atoms with van der Waals surface area (Å²) in [6, 6.07) is 1.65. The second kappa shape index (κ2) is 4.00. The molecule has 13 heavy (non-hydrogen) atoms. The van der Waals surface area contributed by atoms with Crippen LogP contribution in [0.1, 0.15) is 16.1 Å². The van der Waals surface area contributed by atoms with Gasteiger partial charge in [0.05, 0.1) is 24.9 Å². The van der Waals surface area contributed by atoms with Gasteiger partial charge >= 0.3 is 0 Å². The quantitative estimate of drug-likeness (QED) is 0.689. The van der Waals surface area contributed by atoms with Gasteiger partial charge in [-0.1, -0.05) is 0 Å². The van der Waals surface area contributed by atoms with E-state index in [0.29, 0.717) is 17.0 Å². The van der Waals surface area contributed by atoms with E-state index in [-0.39, 0.29) is 12.3 Å². The van der Waals surface area contributed by atoms with Gasteiger partial charge in [-0.15, -0.1) is 0 Å². The third-order valence-corrected chi connectivity index (χ3v) is 1.79. The van der Waals surface area contributed by atoms with Crippen molar-refractivity contribution < 1.29 is 9.53 Å². The largest absolute Gasteiger partial charge is 0.496 e. The van der Waals surface area contributed by atoms with Gasteiger partial charge in [0.25, 0.3) is 0 Å². The fourth-order valence-corrected chi connectivity index (χ4v) is 1.15. The molecule has 70 valence electrons. The van der Waals surface area contributed by atoms with Gasteiger partial charge < -0.3 is 10.5 Å². The van der Waals surface area contributed by atoms with Crippen LogP contribution in [0.4, 0.5) is 0 Å². The molecule has 0 saturated heterocycles. The van der Waals surface area contributed by atoms with Gasteiger partial charge in [-0.25, -0.2) is 0 Å². The van der Waals surface area contributed by atoms with Crippen molar-refractivity contribution in [2.24, 2.45) is 5.73 Å². The number of methoxy groups -OCH3 is 1. The summed E-state index contributed by atoms with van der Waals surface area (Å²) in [5.74, 6) is 0.380. The predicted octanol–water partition coefficient (Wildman–Crippen LogP) is 0.540. The Kier molecular flexibility index (Phi) is 2.97. The molecule has 0 saturated carbocycles. The fraction of sp³-hybridized carbons (Fsp3) is 0.333. The third-order valence-electron chi connectivity index (χ3n) is 1.79. The van der Waals surface area contributed by atoms with Crippen LogP contribution in [0.15, 0.2) is 12.3 Å². The van der Waals surface area contributed by atoms with Gasteiger partial charge in [-0.05, 0) is 13.0 Å². The Morgan fingerprint density at radius 2 is 2.38 bits per heavy atom. The Morgan fingerprint density at radius 3 is 2.92 bits per heavy atom. The molecule has 0 aliphatic rings. The van der Waals surface area contributed by atoms with E-state index in [9.17, 15) is 4.79 Å². The topological polar surface area (TPSA) is 65.2 Å². The van der Waals surface area contributed by atoms with Crippen LogP contribution >= 0.6 is 0 Å². The minimum atomic E-state index is -0.151. The number of carbonyl (C=O) groups excluding carboxylic acids is 1. The predicted molar refractivity (Wildman–Crippen MR) is 48.9 cm³/mol. The molecule has 0 atom stereocenters. The number of nitrogens with zero attached hydrogens (tertiary/aromatic N) is 1. The number of ether oxygens (including phenoxy) is 1. The molecule has 0 radical (unpaired) electrons. The van der Waals surface area contributed by atoms with Crippen LogP contribution in [0.2, 0.25) is 0 Å². The Balaban J connectivity index is 3.22. The van der Waals surface area contributed by atoms with E-state index in [2.05, 4.69) is 4.98 Å².